The number of piperazine rings is 1. The molecule has 0 aliphatic carbocycles. The van der Waals surface area contributed by atoms with Crippen molar-refractivity contribution < 1.29 is 17.6 Å². The van der Waals surface area contributed by atoms with Crippen molar-refractivity contribution in [2.75, 3.05) is 42.6 Å². The summed E-state index contributed by atoms with van der Waals surface area (Å²) in [5.74, 6) is 0.209. The highest BCUT2D eigenvalue weighted by atomic mass is 32.2. The number of carbonyl (C=O) groups excluding carboxylic acids is 1. The van der Waals surface area contributed by atoms with Crippen LogP contribution in [0.15, 0.2) is 30.6 Å². The third kappa shape index (κ3) is 5.94. The minimum absolute atomic E-state index is 0.0860. The Hall–Kier alpha value is -2.63. The summed E-state index contributed by atoms with van der Waals surface area (Å²) >= 11 is 0. The predicted octanol–water partition coefficient (Wildman–Crippen LogP) is 2.04. The maximum absolute atomic E-state index is 14.1. The summed E-state index contributed by atoms with van der Waals surface area (Å²) < 4.78 is 39.5. The van der Waals surface area contributed by atoms with Crippen molar-refractivity contribution in [3.05, 3.63) is 47.8 Å². The number of amides is 2. The summed E-state index contributed by atoms with van der Waals surface area (Å²) in [6, 6.07) is 3.81. The van der Waals surface area contributed by atoms with Crippen molar-refractivity contribution in [2.45, 2.75) is 20.4 Å². The van der Waals surface area contributed by atoms with Crippen LogP contribution in [0.3, 0.4) is 0 Å². The number of anilines is 2. The standard InChI is InChI=1S/C19H25FN6O3S/c1-3-30(28,29)26-6-4-25(5-7-26)13-15-8-16(20)10-17(9-15)23-19(27)24-18-11-21-14(2)22-12-18/h8-12H,3-7,13H2,1-2H3,(H2,23,24,27). The van der Waals surface area contributed by atoms with Crippen LogP contribution in [0.1, 0.15) is 18.3 Å². The highest BCUT2D eigenvalue weighted by Crippen LogP contribution is 2.18. The summed E-state index contributed by atoms with van der Waals surface area (Å²) in [6.07, 6.45) is 2.97. The van der Waals surface area contributed by atoms with Crippen LogP contribution in [0, 0.1) is 12.7 Å². The van der Waals surface area contributed by atoms with E-state index in [4.69, 9.17) is 0 Å². The van der Waals surface area contributed by atoms with E-state index in [0.29, 0.717) is 55.5 Å². The third-order valence-corrected chi connectivity index (χ3v) is 6.63. The van der Waals surface area contributed by atoms with Gasteiger partial charge in [0.1, 0.15) is 11.6 Å². The molecular formula is C19H25FN6O3S. The maximum atomic E-state index is 14.1. The number of rotatable bonds is 6. The van der Waals surface area contributed by atoms with Crippen LogP contribution in [-0.4, -0.2) is 65.6 Å². The smallest absolute Gasteiger partial charge is 0.308 e. The lowest BCUT2D eigenvalue weighted by Gasteiger charge is -2.33. The van der Waals surface area contributed by atoms with Gasteiger partial charge >= 0.3 is 6.03 Å². The average molecular weight is 437 g/mol. The van der Waals surface area contributed by atoms with Crippen molar-refractivity contribution in [3.8, 4) is 0 Å². The molecule has 2 N–H and O–H groups in total. The Bertz CT molecular complexity index is 992. The van der Waals surface area contributed by atoms with Crippen LogP contribution in [0.2, 0.25) is 0 Å². The number of nitrogens with zero attached hydrogens (tertiary/aromatic N) is 4. The number of hydrogen-bond donors (Lipinski definition) is 2. The highest BCUT2D eigenvalue weighted by Gasteiger charge is 2.25. The Labute approximate surface area is 175 Å². The fourth-order valence-electron chi connectivity index (χ4n) is 3.17. The fourth-order valence-corrected chi connectivity index (χ4v) is 4.26. The first-order chi connectivity index (χ1) is 14.2. The van der Waals surface area contributed by atoms with Crippen LogP contribution in [0.25, 0.3) is 0 Å². The Balaban J connectivity index is 1.59. The molecule has 0 bridgehead atoms. The SMILES string of the molecule is CCS(=O)(=O)N1CCN(Cc2cc(F)cc(NC(=O)Nc3cnc(C)nc3)c2)CC1. The van der Waals surface area contributed by atoms with Gasteiger partial charge in [-0.3, -0.25) is 4.90 Å². The van der Waals surface area contributed by atoms with Gasteiger partial charge in [0, 0.05) is 38.4 Å². The quantitative estimate of drug-likeness (QED) is 0.718. The van der Waals surface area contributed by atoms with Crippen LogP contribution >= 0.6 is 0 Å². The molecule has 11 heteroatoms. The van der Waals surface area contributed by atoms with Crippen molar-refractivity contribution in [1.82, 2.24) is 19.2 Å². The van der Waals surface area contributed by atoms with Crippen molar-refractivity contribution in [3.63, 3.8) is 0 Å². The van der Waals surface area contributed by atoms with Crippen molar-refractivity contribution in [1.29, 1.82) is 0 Å². The van der Waals surface area contributed by atoms with E-state index in [1.807, 2.05) is 0 Å². The fraction of sp³-hybridized carbons (Fsp3) is 0.421. The second kappa shape index (κ2) is 9.45. The zero-order chi connectivity index (χ0) is 21.7. The first-order valence-electron chi connectivity index (χ1n) is 9.61. The van der Waals surface area contributed by atoms with E-state index in [1.165, 1.54) is 28.8 Å². The zero-order valence-corrected chi connectivity index (χ0v) is 17.7. The molecule has 3 rings (SSSR count). The molecule has 1 fully saturated rings. The molecule has 1 aliphatic rings. The molecule has 0 radical (unpaired) electrons. The maximum Gasteiger partial charge on any atom is 0.323 e. The molecule has 1 aromatic carbocycles. The Morgan fingerprint density at radius 2 is 1.70 bits per heavy atom. The lowest BCUT2D eigenvalue weighted by Crippen LogP contribution is -2.48. The van der Waals surface area contributed by atoms with Gasteiger partial charge in [0.2, 0.25) is 10.0 Å². The van der Waals surface area contributed by atoms with E-state index in [-0.39, 0.29) is 5.75 Å². The van der Waals surface area contributed by atoms with Gasteiger partial charge in [0.15, 0.2) is 0 Å². The second-order valence-electron chi connectivity index (χ2n) is 7.02. The van der Waals surface area contributed by atoms with Gasteiger partial charge in [-0.1, -0.05) is 0 Å². The topological polar surface area (TPSA) is 108 Å². The van der Waals surface area contributed by atoms with Gasteiger partial charge in [-0.15, -0.1) is 0 Å². The van der Waals surface area contributed by atoms with Gasteiger partial charge in [-0.25, -0.2) is 27.6 Å². The second-order valence-corrected chi connectivity index (χ2v) is 9.28. The van der Waals surface area contributed by atoms with Crippen molar-refractivity contribution in [2.24, 2.45) is 0 Å². The number of benzene rings is 1. The Morgan fingerprint density at radius 3 is 2.33 bits per heavy atom. The minimum Gasteiger partial charge on any atom is -0.308 e. The zero-order valence-electron chi connectivity index (χ0n) is 16.9. The number of halogens is 1. The molecule has 0 spiro atoms. The Kier molecular flexibility index (Phi) is 6.95. The summed E-state index contributed by atoms with van der Waals surface area (Å²) in [5, 5.41) is 5.20. The normalized spacial score (nSPS) is 15.7. The molecule has 162 valence electrons. The Morgan fingerprint density at radius 1 is 1.07 bits per heavy atom. The van der Waals surface area contributed by atoms with E-state index >= 15 is 0 Å². The van der Waals surface area contributed by atoms with Gasteiger partial charge < -0.3 is 10.6 Å². The van der Waals surface area contributed by atoms with Gasteiger partial charge in [-0.05, 0) is 37.6 Å². The molecule has 1 aliphatic heterocycles. The summed E-state index contributed by atoms with van der Waals surface area (Å²) in [5.41, 5.74) is 1.44. The van der Waals surface area contributed by atoms with Gasteiger partial charge in [-0.2, -0.15) is 4.31 Å². The lowest BCUT2D eigenvalue weighted by atomic mass is 10.1. The summed E-state index contributed by atoms with van der Waals surface area (Å²) in [4.78, 5) is 22.2. The molecule has 0 unspecified atom stereocenters. The monoisotopic (exact) mass is 436 g/mol. The number of nitrogens with one attached hydrogen (secondary N) is 2. The predicted molar refractivity (Wildman–Crippen MR) is 112 cm³/mol. The molecule has 1 saturated heterocycles. The number of aryl methyl sites for hydroxylation is 1. The molecule has 2 heterocycles. The van der Waals surface area contributed by atoms with Crippen LogP contribution < -0.4 is 10.6 Å². The minimum atomic E-state index is -3.19. The number of sulfonamides is 1. The van der Waals surface area contributed by atoms with E-state index in [2.05, 4.69) is 25.5 Å². The van der Waals surface area contributed by atoms with Gasteiger partial charge in [0.05, 0.1) is 23.8 Å². The van der Waals surface area contributed by atoms with Crippen LogP contribution in [0.4, 0.5) is 20.6 Å². The molecule has 2 amide bonds. The van der Waals surface area contributed by atoms with Gasteiger partial charge in [0.25, 0.3) is 0 Å². The van der Waals surface area contributed by atoms with Crippen LogP contribution in [0.5, 0.6) is 0 Å². The van der Waals surface area contributed by atoms with Crippen LogP contribution in [-0.2, 0) is 16.6 Å². The molecule has 1 aromatic heterocycles. The molecule has 9 nitrogen and oxygen atoms in total. The van der Waals surface area contributed by atoms with Crippen molar-refractivity contribution >= 4 is 27.4 Å². The highest BCUT2D eigenvalue weighted by molar-refractivity contribution is 7.89. The summed E-state index contributed by atoms with van der Waals surface area (Å²) in [6.45, 7) is 5.78. The molecule has 2 aromatic rings. The van der Waals surface area contributed by atoms with E-state index in [9.17, 15) is 17.6 Å². The first-order valence-corrected chi connectivity index (χ1v) is 11.2. The lowest BCUT2D eigenvalue weighted by molar-refractivity contribution is 0.181. The molecule has 0 saturated carbocycles. The van der Waals surface area contributed by atoms with E-state index in [0.717, 1.165) is 0 Å². The average Bonchev–Trinajstić information content (AvgIpc) is 2.69. The molecular weight excluding hydrogens is 411 g/mol. The molecule has 30 heavy (non-hydrogen) atoms. The van der Waals surface area contributed by atoms with E-state index < -0.39 is 21.9 Å². The van der Waals surface area contributed by atoms with E-state index in [1.54, 1.807) is 19.9 Å². The first kappa shape index (κ1) is 22.1. The number of urea groups is 1. The third-order valence-electron chi connectivity index (χ3n) is 4.75. The molecule has 0 atom stereocenters. The summed E-state index contributed by atoms with van der Waals surface area (Å²) in [7, 11) is -3.19. The largest absolute Gasteiger partial charge is 0.323 e. The number of hydrogen-bond acceptors (Lipinski definition) is 6. The number of aromatic nitrogens is 2. The number of carbonyl (C=O) groups is 1.